The summed E-state index contributed by atoms with van der Waals surface area (Å²) in [4.78, 5) is 29.7. The number of rotatable bonds is 6. The van der Waals surface area contributed by atoms with Crippen molar-refractivity contribution in [3.63, 3.8) is 0 Å². The van der Waals surface area contributed by atoms with Crippen molar-refractivity contribution in [2.45, 2.75) is 18.9 Å². The Morgan fingerprint density at radius 3 is 1.56 bits per heavy atom. The molecule has 0 saturated heterocycles. The summed E-state index contributed by atoms with van der Waals surface area (Å²) in [5.74, 6) is -3.82. The zero-order valence-corrected chi connectivity index (χ0v) is 8.37. The monoisotopic (exact) mass is 238 g/mol. The third-order valence-corrected chi connectivity index (χ3v) is 1.23. The van der Waals surface area contributed by atoms with Crippen LogP contribution in [0.4, 0.5) is 0 Å². The number of carboxylic acids is 2. The molecule has 94 valence electrons. The molecule has 0 rings (SSSR count). The molecule has 8 nitrogen and oxygen atoms in total. The normalized spacial score (nSPS) is 9.25. The van der Waals surface area contributed by atoms with Gasteiger partial charge in [0.1, 0.15) is 6.10 Å². The number of Topliss-reactive ketones (excluding diaryl/α,β-unsaturated/α-hetero) is 1. The summed E-state index contributed by atoms with van der Waals surface area (Å²) in [6.07, 6.45) is -1.82. The van der Waals surface area contributed by atoms with Gasteiger partial charge in [-0.1, -0.05) is 0 Å². The van der Waals surface area contributed by atoms with Gasteiger partial charge < -0.3 is 25.5 Å². The van der Waals surface area contributed by atoms with Crippen molar-refractivity contribution < 1.29 is 39.9 Å². The topological polar surface area (TPSA) is 152 Å². The predicted molar refractivity (Wildman–Crippen MR) is 49.7 cm³/mol. The Hall–Kier alpha value is -1.51. The second-order valence-corrected chi connectivity index (χ2v) is 2.64. The highest BCUT2D eigenvalue weighted by Crippen LogP contribution is 1.89. The van der Waals surface area contributed by atoms with E-state index in [1.807, 2.05) is 0 Å². The first-order chi connectivity index (χ1) is 7.34. The van der Waals surface area contributed by atoms with E-state index in [1.165, 1.54) is 0 Å². The van der Waals surface area contributed by atoms with Crippen LogP contribution in [0.3, 0.4) is 0 Å². The minimum atomic E-state index is -1.58. The first kappa shape index (κ1) is 16.9. The summed E-state index contributed by atoms with van der Waals surface area (Å²) in [6, 6.07) is 0. The Morgan fingerprint density at radius 1 is 0.938 bits per heavy atom. The standard InChI is InChI=1S/C5H6O5.C3H8O3/c6-3(5(9)10)1-2-4(7)8;4-1-3(6)2-5/h1-2H2,(H,7,8)(H,9,10);3-6H,1-2H2. The fourth-order valence-electron chi connectivity index (χ4n) is 0.385. The maximum atomic E-state index is 10.2. The summed E-state index contributed by atoms with van der Waals surface area (Å²) in [5, 5.41) is 40.0. The summed E-state index contributed by atoms with van der Waals surface area (Å²) in [6.45, 7) is -0.729. The molecule has 8 heteroatoms. The van der Waals surface area contributed by atoms with E-state index < -0.39 is 36.7 Å². The molecule has 0 bridgehead atoms. The Morgan fingerprint density at radius 2 is 1.38 bits per heavy atom. The molecule has 0 aromatic heterocycles. The van der Waals surface area contributed by atoms with Gasteiger partial charge in [0.2, 0.25) is 5.78 Å². The van der Waals surface area contributed by atoms with Gasteiger partial charge in [-0.3, -0.25) is 9.59 Å². The lowest BCUT2D eigenvalue weighted by Crippen LogP contribution is -2.15. The van der Waals surface area contributed by atoms with Crippen molar-refractivity contribution in [1.82, 2.24) is 0 Å². The Labute approximate surface area is 90.8 Å². The molecule has 0 amide bonds. The molecule has 0 unspecified atom stereocenters. The quantitative estimate of drug-likeness (QED) is 0.328. The number of aliphatic carboxylic acids is 2. The van der Waals surface area contributed by atoms with Crippen LogP contribution in [-0.4, -0.2) is 62.6 Å². The fraction of sp³-hybridized carbons (Fsp3) is 0.625. The number of carboxylic acid groups (broad SMARTS) is 2. The van der Waals surface area contributed by atoms with E-state index in [4.69, 9.17) is 25.5 Å². The van der Waals surface area contributed by atoms with Gasteiger partial charge in [0.05, 0.1) is 19.6 Å². The van der Waals surface area contributed by atoms with Gasteiger partial charge in [0, 0.05) is 6.42 Å². The SMILES string of the molecule is O=C(O)CCC(=O)C(=O)O.OCC(O)CO. The van der Waals surface area contributed by atoms with Crippen LogP contribution < -0.4 is 0 Å². The highest BCUT2D eigenvalue weighted by molar-refractivity contribution is 6.32. The van der Waals surface area contributed by atoms with Crippen LogP contribution in [-0.2, 0) is 14.4 Å². The number of ketones is 1. The van der Waals surface area contributed by atoms with Crippen LogP contribution in [0.25, 0.3) is 0 Å². The smallest absolute Gasteiger partial charge is 0.372 e. The van der Waals surface area contributed by atoms with Crippen molar-refractivity contribution in [3.8, 4) is 0 Å². The second kappa shape index (κ2) is 10.0. The number of hydrogen-bond acceptors (Lipinski definition) is 6. The van der Waals surface area contributed by atoms with Gasteiger partial charge >= 0.3 is 11.9 Å². The molecule has 0 saturated carbocycles. The minimum absolute atomic E-state index is 0.365. The van der Waals surface area contributed by atoms with Crippen LogP contribution in [0.2, 0.25) is 0 Å². The third kappa shape index (κ3) is 12.5. The zero-order chi connectivity index (χ0) is 13.1. The number of hydrogen-bond donors (Lipinski definition) is 5. The van der Waals surface area contributed by atoms with Gasteiger partial charge in [-0.05, 0) is 0 Å². The first-order valence-electron chi connectivity index (χ1n) is 4.22. The van der Waals surface area contributed by atoms with Crippen molar-refractivity contribution in [2.75, 3.05) is 13.2 Å². The zero-order valence-electron chi connectivity index (χ0n) is 8.37. The average Bonchev–Trinajstić information content (AvgIpc) is 2.25. The molecule has 0 aromatic rings. The molecule has 0 fully saturated rings. The van der Waals surface area contributed by atoms with E-state index >= 15 is 0 Å². The highest BCUT2D eigenvalue weighted by atomic mass is 16.4. The summed E-state index contributed by atoms with van der Waals surface area (Å²) in [7, 11) is 0. The van der Waals surface area contributed by atoms with Crippen molar-refractivity contribution in [3.05, 3.63) is 0 Å². The Kier molecular flexibility index (Phi) is 10.6. The van der Waals surface area contributed by atoms with E-state index in [0.29, 0.717) is 0 Å². The van der Waals surface area contributed by atoms with Crippen LogP contribution in [0.1, 0.15) is 12.8 Å². The molecule has 0 aromatic carbocycles. The van der Waals surface area contributed by atoms with E-state index in [2.05, 4.69) is 0 Å². The maximum absolute atomic E-state index is 10.2. The van der Waals surface area contributed by atoms with E-state index in [-0.39, 0.29) is 13.2 Å². The van der Waals surface area contributed by atoms with Gasteiger partial charge in [0.15, 0.2) is 0 Å². The predicted octanol–water partition coefficient (Wildman–Crippen LogP) is -2.16. The first-order valence-corrected chi connectivity index (χ1v) is 4.22. The van der Waals surface area contributed by atoms with Gasteiger partial charge in [-0.25, -0.2) is 4.79 Å². The second-order valence-electron chi connectivity index (χ2n) is 2.64. The molecule has 16 heavy (non-hydrogen) atoms. The summed E-state index contributed by atoms with van der Waals surface area (Å²) < 4.78 is 0. The van der Waals surface area contributed by atoms with Crippen LogP contribution >= 0.6 is 0 Å². The Bertz CT molecular complexity index is 232. The molecule has 0 atom stereocenters. The van der Waals surface area contributed by atoms with Crippen molar-refractivity contribution in [2.24, 2.45) is 0 Å². The summed E-state index contributed by atoms with van der Waals surface area (Å²) >= 11 is 0. The molecule has 0 aliphatic carbocycles. The van der Waals surface area contributed by atoms with Gasteiger partial charge in [0.25, 0.3) is 0 Å². The van der Waals surface area contributed by atoms with Crippen molar-refractivity contribution in [1.29, 1.82) is 0 Å². The lowest BCUT2D eigenvalue weighted by molar-refractivity contribution is -0.149. The third-order valence-electron chi connectivity index (χ3n) is 1.23. The molecule has 0 radical (unpaired) electrons. The molecule has 0 aliphatic heterocycles. The minimum Gasteiger partial charge on any atom is -0.481 e. The van der Waals surface area contributed by atoms with Crippen LogP contribution in [0.15, 0.2) is 0 Å². The molecule has 0 heterocycles. The average molecular weight is 238 g/mol. The number of carbonyl (C=O) groups is 3. The molecular formula is C8H14O8. The Balaban J connectivity index is 0. The van der Waals surface area contributed by atoms with Gasteiger partial charge in [-0.15, -0.1) is 0 Å². The van der Waals surface area contributed by atoms with Gasteiger partial charge in [-0.2, -0.15) is 0 Å². The molecule has 5 N–H and O–H groups in total. The number of aliphatic hydroxyl groups is 3. The lowest BCUT2D eigenvalue weighted by atomic mass is 10.2. The molecule has 0 spiro atoms. The lowest BCUT2D eigenvalue weighted by Gasteiger charge is -1.96. The van der Waals surface area contributed by atoms with E-state index in [0.717, 1.165) is 0 Å². The van der Waals surface area contributed by atoms with E-state index in [1.54, 1.807) is 0 Å². The number of carbonyl (C=O) groups excluding carboxylic acids is 1. The maximum Gasteiger partial charge on any atom is 0.372 e. The van der Waals surface area contributed by atoms with Crippen LogP contribution in [0, 0.1) is 0 Å². The summed E-state index contributed by atoms with van der Waals surface area (Å²) in [5.41, 5.74) is 0. The van der Waals surface area contributed by atoms with Crippen molar-refractivity contribution >= 4 is 17.7 Å². The molecule has 0 aliphatic rings. The number of aliphatic hydroxyl groups excluding tert-OH is 3. The van der Waals surface area contributed by atoms with E-state index in [9.17, 15) is 14.4 Å². The molecular weight excluding hydrogens is 224 g/mol. The van der Waals surface area contributed by atoms with Crippen LogP contribution in [0.5, 0.6) is 0 Å². The highest BCUT2D eigenvalue weighted by Gasteiger charge is 2.12. The fourth-order valence-corrected chi connectivity index (χ4v) is 0.385. The largest absolute Gasteiger partial charge is 0.481 e.